The fourth-order valence-corrected chi connectivity index (χ4v) is 0.838. The van der Waals surface area contributed by atoms with Crippen LogP contribution in [0.1, 0.15) is 5.56 Å². The summed E-state index contributed by atoms with van der Waals surface area (Å²) in [6.07, 6.45) is 0. The Balaban J connectivity index is 3.13. The largest absolute Gasteiger partial charge is 0.507 e. The molecule has 0 unspecified atom stereocenters. The zero-order chi connectivity index (χ0) is 9.68. The normalized spacial score (nSPS) is 8.00. The predicted octanol–water partition coefficient (Wildman–Crippen LogP) is 1.28. The summed E-state index contributed by atoms with van der Waals surface area (Å²) in [5.41, 5.74) is 0.390. The second-order valence-electron chi connectivity index (χ2n) is 2.24. The molecule has 64 valence electrons. The number of phenols is 1. The fourth-order valence-electron chi connectivity index (χ4n) is 0.838. The molecule has 3 nitrogen and oxygen atoms in total. The first kappa shape index (κ1) is 8.96. The van der Waals surface area contributed by atoms with Crippen molar-refractivity contribution in [1.82, 2.24) is 0 Å². The third kappa shape index (κ3) is 2.15. The van der Waals surface area contributed by atoms with Crippen molar-refractivity contribution >= 4 is 0 Å². The monoisotopic (exact) mass is 173 g/mol. The number of methoxy groups -OCH3 is 1. The summed E-state index contributed by atoms with van der Waals surface area (Å²) in [5, 5.41) is 17.5. The molecule has 1 aromatic rings. The molecule has 0 spiro atoms. The molecular formula is C10H7NO2. The van der Waals surface area contributed by atoms with Gasteiger partial charge in [-0.05, 0) is 24.1 Å². The Kier molecular flexibility index (Phi) is 2.78. The Morgan fingerprint density at radius 1 is 1.46 bits per heavy atom. The van der Waals surface area contributed by atoms with Crippen LogP contribution >= 0.6 is 0 Å². The molecule has 0 aliphatic carbocycles. The number of phenolic OH excluding ortho intramolecular Hbond substituents is 1. The standard InChI is InChI=1S/C10H7NO2/c1-13-9-4-5-10(12)8(7-9)3-2-6-11/h4-5,7,12H,1H3. The van der Waals surface area contributed by atoms with Gasteiger partial charge in [-0.3, -0.25) is 0 Å². The molecule has 0 bridgehead atoms. The van der Waals surface area contributed by atoms with E-state index < -0.39 is 0 Å². The third-order valence-electron chi connectivity index (χ3n) is 1.46. The number of benzene rings is 1. The van der Waals surface area contributed by atoms with Gasteiger partial charge in [-0.2, -0.15) is 5.26 Å². The van der Waals surface area contributed by atoms with E-state index in [0.717, 1.165) is 0 Å². The van der Waals surface area contributed by atoms with Crippen LogP contribution in [-0.4, -0.2) is 12.2 Å². The van der Waals surface area contributed by atoms with Crippen molar-refractivity contribution < 1.29 is 9.84 Å². The van der Waals surface area contributed by atoms with Gasteiger partial charge >= 0.3 is 0 Å². The van der Waals surface area contributed by atoms with Gasteiger partial charge < -0.3 is 9.84 Å². The SMILES string of the molecule is COc1ccc(O)c(C#CC#N)c1. The molecule has 0 aromatic heterocycles. The van der Waals surface area contributed by atoms with Gasteiger partial charge in [0.1, 0.15) is 11.5 Å². The van der Waals surface area contributed by atoms with Crippen LogP contribution in [0, 0.1) is 23.2 Å². The number of hydrogen-bond acceptors (Lipinski definition) is 3. The molecule has 0 amide bonds. The summed E-state index contributed by atoms with van der Waals surface area (Å²) in [4.78, 5) is 0. The van der Waals surface area contributed by atoms with Crippen LogP contribution in [0.15, 0.2) is 18.2 Å². The van der Waals surface area contributed by atoms with Gasteiger partial charge in [0, 0.05) is 5.92 Å². The van der Waals surface area contributed by atoms with Crippen molar-refractivity contribution in [3.63, 3.8) is 0 Å². The molecule has 1 rings (SSSR count). The van der Waals surface area contributed by atoms with Crippen LogP contribution in [-0.2, 0) is 0 Å². The Morgan fingerprint density at radius 3 is 2.85 bits per heavy atom. The lowest BCUT2D eigenvalue weighted by atomic mass is 10.2. The molecule has 0 atom stereocenters. The Hall–Kier alpha value is -2.13. The number of rotatable bonds is 1. The second-order valence-corrected chi connectivity index (χ2v) is 2.24. The average molecular weight is 173 g/mol. The Bertz CT molecular complexity index is 407. The van der Waals surface area contributed by atoms with Crippen molar-refractivity contribution in [3.8, 4) is 29.4 Å². The van der Waals surface area contributed by atoms with E-state index >= 15 is 0 Å². The van der Waals surface area contributed by atoms with Gasteiger partial charge in [0.2, 0.25) is 0 Å². The molecule has 0 aliphatic heterocycles. The number of nitriles is 1. The smallest absolute Gasteiger partial charge is 0.152 e. The molecule has 1 N–H and O–H groups in total. The van der Waals surface area contributed by atoms with Crippen LogP contribution in [0.3, 0.4) is 0 Å². The van der Waals surface area contributed by atoms with E-state index in [0.29, 0.717) is 11.3 Å². The van der Waals surface area contributed by atoms with Crippen LogP contribution in [0.4, 0.5) is 0 Å². The molecule has 1 aromatic carbocycles. The summed E-state index contributed by atoms with van der Waals surface area (Å²) >= 11 is 0. The topological polar surface area (TPSA) is 53.2 Å². The Morgan fingerprint density at radius 2 is 2.23 bits per heavy atom. The zero-order valence-corrected chi connectivity index (χ0v) is 7.03. The minimum absolute atomic E-state index is 0.0450. The first-order valence-electron chi connectivity index (χ1n) is 3.55. The van der Waals surface area contributed by atoms with E-state index in [1.807, 2.05) is 0 Å². The van der Waals surface area contributed by atoms with Gasteiger partial charge in [0.05, 0.1) is 12.7 Å². The maximum absolute atomic E-state index is 9.29. The maximum Gasteiger partial charge on any atom is 0.152 e. The molecule has 3 heteroatoms. The van der Waals surface area contributed by atoms with Gasteiger partial charge in [-0.15, -0.1) is 0 Å². The first-order chi connectivity index (χ1) is 6.27. The Labute approximate surface area is 76.2 Å². The highest BCUT2D eigenvalue weighted by Gasteiger charge is 1.99. The van der Waals surface area contributed by atoms with Crippen molar-refractivity contribution in [1.29, 1.82) is 5.26 Å². The van der Waals surface area contributed by atoms with E-state index in [1.54, 1.807) is 18.2 Å². The molecular weight excluding hydrogens is 166 g/mol. The van der Waals surface area contributed by atoms with E-state index in [-0.39, 0.29) is 5.75 Å². The molecule has 0 aliphatic rings. The van der Waals surface area contributed by atoms with E-state index in [2.05, 4.69) is 11.8 Å². The average Bonchev–Trinajstić information content (AvgIpc) is 2.17. The first-order valence-corrected chi connectivity index (χ1v) is 3.55. The van der Waals surface area contributed by atoms with Crippen LogP contribution < -0.4 is 4.74 Å². The molecule has 0 radical (unpaired) electrons. The molecule has 0 fully saturated rings. The van der Waals surface area contributed by atoms with E-state index in [9.17, 15) is 5.11 Å². The van der Waals surface area contributed by atoms with E-state index in [1.165, 1.54) is 13.2 Å². The lowest BCUT2D eigenvalue weighted by molar-refractivity contribution is 0.412. The molecule has 0 heterocycles. The van der Waals surface area contributed by atoms with Crippen LogP contribution in [0.25, 0.3) is 0 Å². The fraction of sp³-hybridized carbons (Fsp3) is 0.100. The second kappa shape index (κ2) is 4.04. The minimum Gasteiger partial charge on any atom is -0.507 e. The zero-order valence-electron chi connectivity index (χ0n) is 7.03. The van der Waals surface area contributed by atoms with Crippen molar-refractivity contribution in [2.75, 3.05) is 7.11 Å². The lowest BCUT2D eigenvalue weighted by Gasteiger charge is -2.00. The summed E-state index contributed by atoms with van der Waals surface area (Å²) in [5.74, 6) is 5.34. The highest BCUT2D eigenvalue weighted by molar-refractivity contribution is 5.50. The highest BCUT2D eigenvalue weighted by atomic mass is 16.5. The minimum atomic E-state index is 0.0450. The van der Waals surface area contributed by atoms with Crippen LogP contribution in [0.2, 0.25) is 0 Å². The third-order valence-corrected chi connectivity index (χ3v) is 1.46. The van der Waals surface area contributed by atoms with Crippen LogP contribution in [0.5, 0.6) is 11.5 Å². The quantitative estimate of drug-likeness (QED) is 0.651. The molecule has 0 saturated heterocycles. The summed E-state index contributed by atoms with van der Waals surface area (Å²) in [7, 11) is 1.52. The van der Waals surface area contributed by atoms with Gasteiger partial charge in [0.25, 0.3) is 0 Å². The van der Waals surface area contributed by atoms with Gasteiger partial charge in [0.15, 0.2) is 6.07 Å². The van der Waals surface area contributed by atoms with Crippen molar-refractivity contribution in [2.24, 2.45) is 0 Å². The highest BCUT2D eigenvalue weighted by Crippen LogP contribution is 2.21. The van der Waals surface area contributed by atoms with Gasteiger partial charge in [-0.25, -0.2) is 0 Å². The van der Waals surface area contributed by atoms with Crippen molar-refractivity contribution in [2.45, 2.75) is 0 Å². The van der Waals surface area contributed by atoms with Gasteiger partial charge in [-0.1, -0.05) is 0 Å². The van der Waals surface area contributed by atoms with Crippen molar-refractivity contribution in [3.05, 3.63) is 23.8 Å². The number of hydrogen-bond donors (Lipinski definition) is 1. The summed E-state index contributed by atoms with van der Waals surface area (Å²) in [6.45, 7) is 0. The maximum atomic E-state index is 9.29. The lowest BCUT2D eigenvalue weighted by Crippen LogP contribution is -1.83. The molecule has 13 heavy (non-hydrogen) atoms. The summed E-state index contributed by atoms with van der Waals surface area (Å²) < 4.78 is 4.93. The summed E-state index contributed by atoms with van der Waals surface area (Å²) in [6, 6.07) is 6.33. The number of ether oxygens (including phenoxy) is 1. The number of nitrogens with zero attached hydrogens (tertiary/aromatic N) is 1. The molecule has 0 saturated carbocycles. The predicted molar refractivity (Wildman–Crippen MR) is 47.1 cm³/mol. The van der Waals surface area contributed by atoms with E-state index in [4.69, 9.17) is 10.00 Å². The number of aromatic hydroxyl groups is 1.